The Balaban J connectivity index is 0.00000169. The van der Waals surface area contributed by atoms with Crippen molar-refractivity contribution in [1.82, 2.24) is 0 Å². The van der Waals surface area contributed by atoms with Gasteiger partial charge < -0.3 is 14.6 Å². The summed E-state index contributed by atoms with van der Waals surface area (Å²) in [6.45, 7) is 0. The first-order valence-corrected chi connectivity index (χ1v) is 4.11. The van der Waals surface area contributed by atoms with E-state index >= 15 is 0 Å². The van der Waals surface area contributed by atoms with Crippen molar-refractivity contribution in [2.75, 3.05) is 0 Å². The summed E-state index contributed by atoms with van der Waals surface area (Å²) in [5, 5.41) is 10.3. The van der Waals surface area contributed by atoms with Gasteiger partial charge in [0.25, 0.3) is 4.52 Å². The summed E-state index contributed by atoms with van der Waals surface area (Å²) in [5.41, 5.74) is 0. The molecule has 0 amide bonds. The fourth-order valence-corrected chi connectivity index (χ4v) is 0.856. The molecule has 14 heavy (non-hydrogen) atoms. The molecule has 0 atom stereocenters. The largest absolute Gasteiger partial charge is 1.00 e. The van der Waals surface area contributed by atoms with Crippen LogP contribution in [0.4, 0.5) is 0 Å². The normalized spacial score (nSPS) is 10.1. The summed E-state index contributed by atoms with van der Waals surface area (Å²) in [5.74, 6) is -1.43. The topological polar surface area (TPSA) is 49.4 Å². The Morgan fingerprint density at radius 1 is 1.29 bits per heavy atom. The van der Waals surface area contributed by atoms with Crippen molar-refractivity contribution in [3.05, 3.63) is 30.3 Å². The standard InChI is InChI=1S/C8H6Cl2O3.Na/c9-8(10,7(11)12)13-6-4-2-1-3-5-6;/h1-5H,(H,11,12);/q;+1/p-1. The first-order chi connectivity index (χ1) is 6.02. The Hall–Kier alpha value is 0.0700. The van der Waals surface area contributed by atoms with Gasteiger partial charge in [0, 0.05) is 0 Å². The van der Waals surface area contributed by atoms with Crippen LogP contribution in [0.3, 0.4) is 0 Å². The minimum absolute atomic E-state index is 0. The van der Waals surface area contributed by atoms with E-state index in [0.717, 1.165) is 0 Å². The molecule has 1 aromatic rings. The van der Waals surface area contributed by atoms with E-state index in [1.165, 1.54) is 12.1 Å². The Morgan fingerprint density at radius 3 is 2.21 bits per heavy atom. The number of hydrogen-bond acceptors (Lipinski definition) is 3. The summed E-state index contributed by atoms with van der Waals surface area (Å²) in [4.78, 5) is 10.3. The molecule has 0 aromatic heterocycles. The number of para-hydroxylation sites is 1. The Morgan fingerprint density at radius 2 is 1.79 bits per heavy atom. The van der Waals surface area contributed by atoms with E-state index in [-0.39, 0.29) is 35.3 Å². The monoisotopic (exact) mass is 242 g/mol. The molecule has 0 fully saturated rings. The Kier molecular flexibility index (Phi) is 5.86. The van der Waals surface area contributed by atoms with Crippen LogP contribution in [0.25, 0.3) is 0 Å². The number of ether oxygens (including phenoxy) is 1. The minimum atomic E-state index is -2.35. The van der Waals surface area contributed by atoms with E-state index in [1.54, 1.807) is 18.2 Å². The number of alkyl halides is 2. The third-order valence-corrected chi connectivity index (χ3v) is 1.69. The molecule has 70 valence electrons. The Bertz CT molecular complexity index is 303. The van der Waals surface area contributed by atoms with Crippen LogP contribution in [0, 0.1) is 0 Å². The number of benzene rings is 1. The van der Waals surface area contributed by atoms with Gasteiger partial charge >= 0.3 is 29.6 Å². The zero-order chi connectivity index (χ0) is 9.90. The van der Waals surface area contributed by atoms with E-state index in [0.29, 0.717) is 0 Å². The van der Waals surface area contributed by atoms with Crippen molar-refractivity contribution < 1.29 is 44.2 Å². The third kappa shape index (κ3) is 4.07. The van der Waals surface area contributed by atoms with Crippen molar-refractivity contribution in [2.45, 2.75) is 4.52 Å². The molecule has 0 aliphatic heterocycles. The second-order valence-electron chi connectivity index (χ2n) is 2.22. The maximum Gasteiger partial charge on any atom is 1.00 e. The summed E-state index contributed by atoms with van der Waals surface area (Å²) >= 11 is 10.6. The van der Waals surface area contributed by atoms with Crippen molar-refractivity contribution in [1.29, 1.82) is 0 Å². The average molecular weight is 243 g/mol. The van der Waals surface area contributed by atoms with E-state index in [9.17, 15) is 9.90 Å². The molecular formula is C8H5Cl2NaO3. The van der Waals surface area contributed by atoms with E-state index < -0.39 is 10.5 Å². The second kappa shape index (κ2) is 5.83. The third-order valence-electron chi connectivity index (χ3n) is 1.23. The van der Waals surface area contributed by atoms with Gasteiger partial charge in [0.15, 0.2) is 0 Å². The molecule has 6 heteroatoms. The maximum absolute atomic E-state index is 10.3. The number of carbonyl (C=O) groups is 1. The van der Waals surface area contributed by atoms with Crippen molar-refractivity contribution in [3.63, 3.8) is 0 Å². The summed E-state index contributed by atoms with van der Waals surface area (Å²) in [7, 11) is 0. The predicted octanol–water partition coefficient (Wildman–Crippen LogP) is -2.05. The molecule has 3 nitrogen and oxygen atoms in total. The molecule has 0 spiro atoms. The van der Waals surface area contributed by atoms with Crippen LogP contribution in [0.2, 0.25) is 0 Å². The summed E-state index contributed by atoms with van der Waals surface area (Å²) in [6, 6.07) is 8.13. The van der Waals surface area contributed by atoms with Gasteiger partial charge in [-0.2, -0.15) is 0 Å². The zero-order valence-corrected chi connectivity index (χ0v) is 10.9. The molecule has 0 saturated carbocycles. The van der Waals surface area contributed by atoms with Gasteiger partial charge in [-0.05, 0) is 12.1 Å². The predicted molar refractivity (Wildman–Crippen MR) is 46.5 cm³/mol. The number of carbonyl (C=O) groups excluding carboxylic acids is 1. The molecule has 0 radical (unpaired) electrons. The van der Waals surface area contributed by atoms with Crippen molar-refractivity contribution in [2.24, 2.45) is 0 Å². The van der Waals surface area contributed by atoms with E-state index in [1.807, 2.05) is 0 Å². The molecule has 0 heterocycles. The van der Waals surface area contributed by atoms with Crippen LogP contribution in [0.5, 0.6) is 5.75 Å². The fourth-order valence-electron chi connectivity index (χ4n) is 0.678. The molecular weight excluding hydrogens is 238 g/mol. The molecule has 0 unspecified atom stereocenters. The number of hydrogen-bond donors (Lipinski definition) is 0. The zero-order valence-electron chi connectivity index (χ0n) is 7.37. The average Bonchev–Trinajstić information content (AvgIpc) is 2.05. The summed E-state index contributed by atoms with van der Waals surface area (Å²) < 4.78 is 2.39. The van der Waals surface area contributed by atoms with Crippen molar-refractivity contribution >= 4 is 29.2 Å². The van der Waals surface area contributed by atoms with Crippen LogP contribution in [-0.4, -0.2) is 10.5 Å². The molecule has 0 bridgehead atoms. The molecule has 0 saturated heterocycles. The molecule has 0 aliphatic rings. The van der Waals surface area contributed by atoms with Crippen LogP contribution >= 0.6 is 23.2 Å². The molecule has 0 aliphatic carbocycles. The second-order valence-corrected chi connectivity index (χ2v) is 3.48. The number of rotatable bonds is 3. The van der Waals surface area contributed by atoms with Gasteiger partial charge in [-0.25, -0.2) is 0 Å². The van der Waals surface area contributed by atoms with Crippen molar-refractivity contribution in [3.8, 4) is 5.75 Å². The van der Waals surface area contributed by atoms with E-state index in [2.05, 4.69) is 0 Å². The van der Waals surface area contributed by atoms with Gasteiger partial charge in [-0.15, -0.1) is 0 Å². The Labute approximate surface area is 113 Å². The van der Waals surface area contributed by atoms with Crippen LogP contribution < -0.4 is 39.4 Å². The number of halogens is 2. The molecule has 1 aromatic carbocycles. The molecule has 0 N–H and O–H groups in total. The van der Waals surface area contributed by atoms with Crippen LogP contribution in [-0.2, 0) is 4.79 Å². The number of carboxylic acid groups (broad SMARTS) is 1. The fraction of sp³-hybridized carbons (Fsp3) is 0.125. The number of carboxylic acids is 1. The first-order valence-electron chi connectivity index (χ1n) is 3.36. The van der Waals surface area contributed by atoms with Crippen LogP contribution in [0.15, 0.2) is 30.3 Å². The first kappa shape index (κ1) is 14.1. The SMILES string of the molecule is O=C([O-])C(Cl)(Cl)Oc1ccccc1.[Na+]. The molecule has 1 rings (SSSR count). The van der Waals surface area contributed by atoms with Gasteiger partial charge in [-0.3, -0.25) is 0 Å². The summed E-state index contributed by atoms with van der Waals surface area (Å²) in [6.07, 6.45) is 0. The van der Waals surface area contributed by atoms with E-state index in [4.69, 9.17) is 27.9 Å². The van der Waals surface area contributed by atoms with Crippen LogP contribution in [0.1, 0.15) is 0 Å². The minimum Gasteiger partial charge on any atom is -0.543 e. The quantitative estimate of drug-likeness (QED) is 0.453. The smallest absolute Gasteiger partial charge is 0.543 e. The van der Waals surface area contributed by atoms with Gasteiger partial charge in [-0.1, -0.05) is 41.4 Å². The number of aliphatic carboxylic acids is 1. The van der Waals surface area contributed by atoms with Gasteiger partial charge in [0.2, 0.25) is 0 Å². The van der Waals surface area contributed by atoms with Gasteiger partial charge in [0.05, 0.1) is 0 Å². The maximum atomic E-state index is 10.3. The van der Waals surface area contributed by atoms with Gasteiger partial charge in [0.1, 0.15) is 11.7 Å².